The number of methoxy groups -OCH3 is 1. The van der Waals surface area contributed by atoms with E-state index in [2.05, 4.69) is 10.3 Å². The summed E-state index contributed by atoms with van der Waals surface area (Å²) in [4.78, 5) is 16.0. The Hall–Kier alpha value is -2.14. The second-order valence-corrected chi connectivity index (χ2v) is 4.48. The van der Waals surface area contributed by atoms with Crippen molar-refractivity contribution in [3.8, 4) is 0 Å². The fraction of sp³-hybridized carbons (Fsp3) is 0.333. The van der Waals surface area contributed by atoms with Gasteiger partial charge in [-0.1, -0.05) is 30.3 Å². The lowest BCUT2D eigenvalue weighted by Gasteiger charge is -2.15. The summed E-state index contributed by atoms with van der Waals surface area (Å²) in [6.07, 6.45) is 1.67. The van der Waals surface area contributed by atoms with Crippen LogP contribution in [0.15, 0.2) is 40.9 Å². The minimum absolute atomic E-state index is 0.257. The maximum Gasteiger partial charge on any atom is 0.314 e. The van der Waals surface area contributed by atoms with Crippen LogP contribution >= 0.6 is 0 Å². The van der Waals surface area contributed by atoms with Gasteiger partial charge in [-0.05, 0) is 12.5 Å². The van der Waals surface area contributed by atoms with Gasteiger partial charge in [-0.2, -0.15) is 0 Å². The highest BCUT2D eigenvalue weighted by Crippen LogP contribution is 2.16. The zero-order chi connectivity index (χ0) is 14.4. The zero-order valence-electron chi connectivity index (χ0n) is 11.6. The van der Waals surface area contributed by atoms with Gasteiger partial charge in [0.2, 0.25) is 5.89 Å². The third kappa shape index (κ3) is 3.68. The topological polar surface area (TPSA) is 64.4 Å². The maximum atomic E-state index is 11.9. The van der Waals surface area contributed by atoms with E-state index in [1.807, 2.05) is 37.3 Å². The number of rotatable bonds is 6. The summed E-state index contributed by atoms with van der Waals surface area (Å²) in [5, 5.41) is 3.17. The molecule has 1 aromatic heterocycles. The van der Waals surface area contributed by atoms with Crippen molar-refractivity contribution in [1.29, 1.82) is 0 Å². The number of carbonyl (C=O) groups excluding carboxylic acids is 1. The van der Waals surface area contributed by atoms with E-state index in [9.17, 15) is 4.79 Å². The molecule has 0 aliphatic carbocycles. The molecule has 1 unspecified atom stereocenters. The Kier molecular flexibility index (Phi) is 4.90. The first-order valence-corrected chi connectivity index (χ1v) is 6.45. The average molecular weight is 274 g/mol. The van der Waals surface area contributed by atoms with E-state index in [4.69, 9.17) is 9.15 Å². The first-order valence-electron chi connectivity index (χ1n) is 6.45. The molecule has 1 N–H and O–H groups in total. The summed E-state index contributed by atoms with van der Waals surface area (Å²) in [6.45, 7) is 2.80. The van der Waals surface area contributed by atoms with Crippen LogP contribution in [0, 0.1) is 6.92 Å². The molecule has 20 heavy (non-hydrogen) atoms. The smallest absolute Gasteiger partial charge is 0.314 e. The van der Waals surface area contributed by atoms with Crippen LogP contribution < -0.4 is 5.32 Å². The van der Waals surface area contributed by atoms with E-state index < -0.39 is 0 Å². The van der Waals surface area contributed by atoms with Gasteiger partial charge in [0, 0.05) is 6.54 Å². The van der Waals surface area contributed by atoms with Crippen LogP contribution in [0.25, 0.3) is 0 Å². The second kappa shape index (κ2) is 6.86. The Morgan fingerprint density at radius 3 is 2.75 bits per heavy atom. The minimum atomic E-state index is -0.336. The first kappa shape index (κ1) is 14.3. The van der Waals surface area contributed by atoms with Crippen LogP contribution in [0.4, 0.5) is 0 Å². The van der Waals surface area contributed by atoms with Gasteiger partial charge in [-0.3, -0.25) is 4.79 Å². The fourth-order valence-electron chi connectivity index (χ4n) is 1.97. The third-order valence-electron chi connectivity index (χ3n) is 2.98. The van der Waals surface area contributed by atoms with Gasteiger partial charge >= 0.3 is 5.97 Å². The van der Waals surface area contributed by atoms with Gasteiger partial charge in [-0.15, -0.1) is 0 Å². The lowest BCUT2D eigenvalue weighted by molar-refractivity contribution is -0.142. The van der Waals surface area contributed by atoms with Crippen molar-refractivity contribution in [2.45, 2.75) is 19.4 Å². The molecule has 0 bridgehead atoms. The van der Waals surface area contributed by atoms with Gasteiger partial charge in [0.25, 0.3) is 0 Å². The molecule has 0 radical (unpaired) electrons. The van der Waals surface area contributed by atoms with Crippen LogP contribution in [0.5, 0.6) is 0 Å². The standard InChI is InChI=1S/C15H18N2O3/c1-11-8-17-14(20-11)10-16-9-13(15(18)19-2)12-6-4-3-5-7-12/h3-8,13,16H,9-10H2,1-2H3. The molecule has 5 heteroatoms. The molecule has 0 saturated carbocycles. The fourth-order valence-corrected chi connectivity index (χ4v) is 1.97. The Morgan fingerprint density at radius 1 is 1.40 bits per heavy atom. The summed E-state index contributed by atoms with van der Waals surface area (Å²) in [6, 6.07) is 9.56. The van der Waals surface area contributed by atoms with Crippen molar-refractivity contribution >= 4 is 5.97 Å². The summed E-state index contributed by atoms with van der Waals surface area (Å²) in [5.41, 5.74) is 0.926. The van der Waals surface area contributed by atoms with Gasteiger partial charge in [0.05, 0.1) is 25.8 Å². The zero-order valence-corrected chi connectivity index (χ0v) is 11.6. The van der Waals surface area contributed by atoms with E-state index in [1.165, 1.54) is 7.11 Å². The highest BCUT2D eigenvalue weighted by molar-refractivity contribution is 5.78. The SMILES string of the molecule is COC(=O)C(CNCc1ncc(C)o1)c1ccccc1. The average Bonchev–Trinajstić information content (AvgIpc) is 2.89. The lowest BCUT2D eigenvalue weighted by Crippen LogP contribution is -2.27. The highest BCUT2D eigenvalue weighted by atomic mass is 16.5. The second-order valence-electron chi connectivity index (χ2n) is 4.48. The number of hydrogen-bond donors (Lipinski definition) is 1. The summed E-state index contributed by atoms with van der Waals surface area (Å²) in [7, 11) is 1.40. The number of aryl methyl sites for hydroxylation is 1. The molecule has 1 atom stereocenters. The van der Waals surface area contributed by atoms with Crippen molar-refractivity contribution in [3.05, 3.63) is 53.7 Å². The van der Waals surface area contributed by atoms with E-state index in [-0.39, 0.29) is 11.9 Å². The minimum Gasteiger partial charge on any atom is -0.469 e. The molecular formula is C15H18N2O3. The van der Waals surface area contributed by atoms with Crippen LogP contribution in [0.3, 0.4) is 0 Å². The Labute approximate surface area is 118 Å². The van der Waals surface area contributed by atoms with Crippen LogP contribution in [-0.2, 0) is 16.1 Å². The van der Waals surface area contributed by atoms with Crippen molar-refractivity contribution in [1.82, 2.24) is 10.3 Å². The molecular weight excluding hydrogens is 256 g/mol. The van der Waals surface area contributed by atoms with Gasteiger partial charge in [0.15, 0.2) is 0 Å². The quantitative estimate of drug-likeness (QED) is 0.816. The van der Waals surface area contributed by atoms with E-state index in [0.29, 0.717) is 19.0 Å². The monoisotopic (exact) mass is 274 g/mol. The predicted octanol–water partition coefficient (Wildman–Crippen LogP) is 2.03. The number of nitrogens with zero attached hydrogens (tertiary/aromatic N) is 1. The molecule has 0 amide bonds. The number of nitrogens with one attached hydrogen (secondary N) is 1. The number of benzene rings is 1. The number of oxazole rings is 1. The van der Waals surface area contributed by atoms with Crippen molar-refractivity contribution in [2.24, 2.45) is 0 Å². The Bertz CT molecular complexity index is 551. The number of aromatic nitrogens is 1. The van der Waals surface area contributed by atoms with Crippen molar-refractivity contribution in [2.75, 3.05) is 13.7 Å². The van der Waals surface area contributed by atoms with E-state index >= 15 is 0 Å². The lowest BCUT2D eigenvalue weighted by atomic mass is 9.99. The van der Waals surface area contributed by atoms with Gasteiger partial charge in [0.1, 0.15) is 5.76 Å². The Morgan fingerprint density at radius 2 is 2.15 bits per heavy atom. The van der Waals surface area contributed by atoms with Gasteiger partial charge in [-0.25, -0.2) is 4.98 Å². The maximum absolute atomic E-state index is 11.9. The number of carbonyl (C=O) groups is 1. The normalized spacial score (nSPS) is 12.1. The number of hydrogen-bond acceptors (Lipinski definition) is 5. The first-order chi connectivity index (χ1) is 9.70. The van der Waals surface area contributed by atoms with Crippen molar-refractivity contribution in [3.63, 3.8) is 0 Å². The molecule has 0 spiro atoms. The molecule has 2 rings (SSSR count). The molecule has 2 aromatic rings. The largest absolute Gasteiger partial charge is 0.469 e. The van der Waals surface area contributed by atoms with Crippen LogP contribution in [-0.4, -0.2) is 24.6 Å². The molecule has 106 valence electrons. The molecule has 1 heterocycles. The predicted molar refractivity (Wildman–Crippen MR) is 74.1 cm³/mol. The van der Waals surface area contributed by atoms with Crippen LogP contribution in [0.2, 0.25) is 0 Å². The van der Waals surface area contributed by atoms with Gasteiger partial charge < -0.3 is 14.5 Å². The third-order valence-corrected chi connectivity index (χ3v) is 2.98. The molecule has 0 saturated heterocycles. The summed E-state index contributed by atoms with van der Waals surface area (Å²) >= 11 is 0. The van der Waals surface area contributed by atoms with E-state index in [1.54, 1.807) is 6.20 Å². The number of ether oxygens (including phenoxy) is 1. The summed E-state index contributed by atoms with van der Waals surface area (Å²) in [5.74, 6) is 0.790. The molecule has 0 aliphatic heterocycles. The molecule has 5 nitrogen and oxygen atoms in total. The van der Waals surface area contributed by atoms with Crippen LogP contribution in [0.1, 0.15) is 23.1 Å². The Balaban J connectivity index is 1.96. The van der Waals surface area contributed by atoms with Crippen molar-refractivity contribution < 1.29 is 13.9 Å². The van der Waals surface area contributed by atoms with E-state index in [0.717, 1.165) is 11.3 Å². The number of esters is 1. The highest BCUT2D eigenvalue weighted by Gasteiger charge is 2.20. The molecule has 1 aromatic carbocycles. The summed E-state index contributed by atoms with van der Waals surface area (Å²) < 4.78 is 10.2. The molecule has 0 aliphatic rings. The molecule has 0 fully saturated rings.